The van der Waals surface area contributed by atoms with Gasteiger partial charge in [-0.3, -0.25) is 0 Å². The largest absolute Gasteiger partial charge is 0.0991 e. The van der Waals surface area contributed by atoms with E-state index in [0.29, 0.717) is 0 Å². The molecule has 0 aliphatic rings. The van der Waals surface area contributed by atoms with Crippen LogP contribution in [0.5, 0.6) is 0 Å². The van der Waals surface area contributed by atoms with E-state index in [-0.39, 0.29) is 0 Å². The van der Waals surface area contributed by atoms with Crippen LogP contribution in [0.25, 0.3) is 5.57 Å². The maximum absolute atomic E-state index is 3.89. The Labute approximate surface area is 195 Å². The molecule has 0 bridgehead atoms. The van der Waals surface area contributed by atoms with Crippen LogP contribution >= 0.6 is 0 Å². The second kappa shape index (κ2) is 15.4. The van der Waals surface area contributed by atoms with Gasteiger partial charge in [0, 0.05) is 0 Å². The van der Waals surface area contributed by atoms with Crippen molar-refractivity contribution in [2.45, 2.75) is 39.5 Å². The summed E-state index contributed by atoms with van der Waals surface area (Å²) in [6.45, 7) is 8.10. The van der Waals surface area contributed by atoms with Gasteiger partial charge in [0.15, 0.2) is 0 Å². The van der Waals surface area contributed by atoms with E-state index in [2.05, 4.69) is 129 Å². The molecular formula is C32H36. The fourth-order valence-electron chi connectivity index (χ4n) is 3.43. The first kappa shape index (κ1) is 24.9. The van der Waals surface area contributed by atoms with E-state index in [1.165, 1.54) is 27.8 Å². The maximum Gasteiger partial charge on any atom is -0.00881 e. The van der Waals surface area contributed by atoms with E-state index < -0.39 is 0 Å². The minimum absolute atomic E-state index is 0.880. The molecule has 0 saturated carbocycles. The van der Waals surface area contributed by atoms with E-state index in [9.17, 15) is 0 Å². The predicted octanol–water partition coefficient (Wildman–Crippen LogP) is 9.23. The van der Waals surface area contributed by atoms with Gasteiger partial charge in [-0.1, -0.05) is 135 Å². The normalized spacial score (nSPS) is 13.5. The first-order chi connectivity index (χ1) is 15.8. The van der Waals surface area contributed by atoms with Gasteiger partial charge in [0.2, 0.25) is 0 Å². The summed E-state index contributed by atoms with van der Waals surface area (Å²) in [6.07, 6.45) is 25.4. The maximum atomic E-state index is 3.89. The van der Waals surface area contributed by atoms with Gasteiger partial charge >= 0.3 is 0 Å². The Morgan fingerprint density at radius 2 is 1.56 bits per heavy atom. The molecule has 0 atom stereocenters. The van der Waals surface area contributed by atoms with Gasteiger partial charge in [0.05, 0.1) is 0 Å². The smallest absolute Gasteiger partial charge is 0.00881 e. The lowest BCUT2D eigenvalue weighted by atomic mass is 9.92. The highest BCUT2D eigenvalue weighted by Gasteiger charge is 2.08. The average Bonchev–Trinajstić information content (AvgIpc) is 2.84. The van der Waals surface area contributed by atoms with Gasteiger partial charge in [0.1, 0.15) is 0 Å². The monoisotopic (exact) mass is 420 g/mol. The van der Waals surface area contributed by atoms with Gasteiger partial charge in [-0.25, -0.2) is 0 Å². The Morgan fingerprint density at radius 1 is 0.844 bits per heavy atom. The van der Waals surface area contributed by atoms with Gasteiger partial charge in [-0.2, -0.15) is 0 Å². The molecule has 0 unspecified atom stereocenters. The Balaban J connectivity index is 2.46. The summed E-state index contributed by atoms with van der Waals surface area (Å²) in [4.78, 5) is 0. The molecule has 164 valence electrons. The Bertz CT molecular complexity index is 977. The molecule has 0 fully saturated rings. The summed E-state index contributed by atoms with van der Waals surface area (Å²) in [6, 6.07) is 21.4. The number of rotatable bonds is 12. The number of benzene rings is 2. The molecular weight excluding hydrogens is 384 g/mol. The van der Waals surface area contributed by atoms with Gasteiger partial charge in [-0.15, -0.1) is 0 Å². The number of hydrogen-bond donors (Lipinski definition) is 0. The predicted molar refractivity (Wildman–Crippen MR) is 144 cm³/mol. The molecule has 0 spiro atoms. The molecule has 2 aromatic carbocycles. The minimum Gasteiger partial charge on any atom is -0.0991 e. The van der Waals surface area contributed by atoms with Crippen molar-refractivity contribution < 1.29 is 0 Å². The molecule has 0 heterocycles. The molecule has 0 heteroatoms. The standard InChI is InChI=1S/C32H36/c1-4-7-9-14-23-31(26-24-28(17-6-3)18-8-5-2)32(30-21-15-11-16-22-30)27-25-29-19-12-10-13-20-29/h4,6-22,26-27H,3,5,23-25H2,1-2H3/b7-4-,14-9-,18-8-,28-17+,31-26-,32-27-. The zero-order valence-corrected chi connectivity index (χ0v) is 19.6. The highest BCUT2D eigenvalue weighted by atomic mass is 14.1. The number of hydrogen-bond acceptors (Lipinski definition) is 0. The summed E-state index contributed by atoms with van der Waals surface area (Å²) in [7, 11) is 0. The third-order valence-corrected chi connectivity index (χ3v) is 5.08. The van der Waals surface area contributed by atoms with Crippen LogP contribution in [0.2, 0.25) is 0 Å². The summed E-state index contributed by atoms with van der Waals surface area (Å²) in [5.41, 5.74) is 6.49. The lowest BCUT2D eigenvalue weighted by Crippen LogP contribution is -1.93. The van der Waals surface area contributed by atoms with Gasteiger partial charge in [-0.05, 0) is 60.5 Å². The van der Waals surface area contributed by atoms with Gasteiger partial charge < -0.3 is 0 Å². The topological polar surface area (TPSA) is 0 Å². The molecule has 0 aromatic heterocycles. The van der Waals surface area contributed by atoms with E-state index in [1.807, 2.05) is 13.0 Å². The summed E-state index contributed by atoms with van der Waals surface area (Å²) in [5.74, 6) is 0. The highest BCUT2D eigenvalue weighted by molar-refractivity contribution is 5.79. The van der Waals surface area contributed by atoms with Crippen LogP contribution in [0.1, 0.15) is 44.2 Å². The molecule has 0 nitrogen and oxygen atoms in total. The zero-order chi connectivity index (χ0) is 22.9. The lowest BCUT2D eigenvalue weighted by molar-refractivity contribution is 1.17. The number of allylic oxidation sites excluding steroid dienone is 13. The third kappa shape index (κ3) is 9.18. The minimum atomic E-state index is 0.880. The van der Waals surface area contributed by atoms with Crippen LogP contribution in [0, 0.1) is 0 Å². The van der Waals surface area contributed by atoms with Crippen LogP contribution in [-0.4, -0.2) is 0 Å². The second-order valence-corrected chi connectivity index (χ2v) is 7.55. The first-order valence-corrected chi connectivity index (χ1v) is 11.5. The fraction of sp³-hybridized carbons (Fsp3) is 0.188. The average molecular weight is 421 g/mol. The molecule has 2 aromatic rings. The quantitative estimate of drug-likeness (QED) is 0.300. The second-order valence-electron chi connectivity index (χ2n) is 7.55. The van der Waals surface area contributed by atoms with E-state index in [0.717, 1.165) is 25.7 Å². The van der Waals surface area contributed by atoms with Crippen LogP contribution in [0.4, 0.5) is 0 Å². The Hall–Kier alpha value is -3.38. The van der Waals surface area contributed by atoms with Crippen molar-refractivity contribution in [3.8, 4) is 0 Å². The Kier molecular flexibility index (Phi) is 12.0. The van der Waals surface area contributed by atoms with Crippen LogP contribution in [0.3, 0.4) is 0 Å². The van der Waals surface area contributed by atoms with Crippen molar-refractivity contribution in [2.75, 3.05) is 0 Å². The Morgan fingerprint density at radius 3 is 2.22 bits per heavy atom. The van der Waals surface area contributed by atoms with Crippen molar-refractivity contribution in [3.05, 3.63) is 150 Å². The van der Waals surface area contributed by atoms with Crippen molar-refractivity contribution in [3.63, 3.8) is 0 Å². The van der Waals surface area contributed by atoms with E-state index in [4.69, 9.17) is 0 Å². The molecule has 0 amide bonds. The van der Waals surface area contributed by atoms with Crippen LogP contribution < -0.4 is 0 Å². The molecule has 0 aliphatic carbocycles. The molecule has 0 radical (unpaired) electrons. The molecule has 0 N–H and O–H groups in total. The van der Waals surface area contributed by atoms with E-state index in [1.54, 1.807) is 0 Å². The zero-order valence-electron chi connectivity index (χ0n) is 19.6. The molecule has 32 heavy (non-hydrogen) atoms. The van der Waals surface area contributed by atoms with Crippen molar-refractivity contribution >= 4 is 5.57 Å². The molecule has 0 saturated heterocycles. The fourth-order valence-corrected chi connectivity index (χ4v) is 3.43. The van der Waals surface area contributed by atoms with Crippen LogP contribution in [0.15, 0.2) is 139 Å². The lowest BCUT2D eigenvalue weighted by Gasteiger charge is -2.13. The van der Waals surface area contributed by atoms with Gasteiger partial charge in [0.25, 0.3) is 0 Å². The third-order valence-electron chi connectivity index (χ3n) is 5.08. The summed E-state index contributed by atoms with van der Waals surface area (Å²) >= 11 is 0. The van der Waals surface area contributed by atoms with E-state index >= 15 is 0 Å². The van der Waals surface area contributed by atoms with Crippen molar-refractivity contribution in [1.82, 2.24) is 0 Å². The highest BCUT2D eigenvalue weighted by Crippen LogP contribution is 2.28. The summed E-state index contributed by atoms with van der Waals surface area (Å²) < 4.78 is 0. The summed E-state index contributed by atoms with van der Waals surface area (Å²) in [5, 5.41) is 0. The SMILES string of the molecule is C=C/C=C(\C=C/CC)C/C=C(C/C=C\C=C/C)\C(=C/Cc1ccccc1)c1ccccc1. The van der Waals surface area contributed by atoms with Crippen LogP contribution in [-0.2, 0) is 6.42 Å². The molecule has 0 aliphatic heterocycles. The van der Waals surface area contributed by atoms with Crippen molar-refractivity contribution in [1.29, 1.82) is 0 Å². The van der Waals surface area contributed by atoms with Crippen molar-refractivity contribution in [2.24, 2.45) is 0 Å². The first-order valence-electron chi connectivity index (χ1n) is 11.5. The molecule has 2 rings (SSSR count).